The maximum absolute atomic E-state index is 12.6. The molecule has 0 fully saturated rings. The van der Waals surface area contributed by atoms with Crippen molar-refractivity contribution in [3.63, 3.8) is 0 Å². The summed E-state index contributed by atoms with van der Waals surface area (Å²) in [7, 11) is -4.42. The fraction of sp³-hybridized carbons (Fsp3) is 0.733. The number of nitrogens with two attached hydrogens (primary N) is 1. The van der Waals surface area contributed by atoms with Gasteiger partial charge in [-0.3, -0.25) is 18.6 Å². The molecule has 0 aliphatic heterocycles. The molecule has 0 aromatic rings. The largest absolute Gasteiger partial charge is 0.472 e. The Morgan fingerprint density at radius 2 is 1.12 bits per heavy atom. The van der Waals surface area contributed by atoms with E-state index in [4.69, 9.17) is 24.3 Å². The van der Waals surface area contributed by atoms with E-state index < -0.39 is 38.6 Å². The summed E-state index contributed by atoms with van der Waals surface area (Å²) in [6, 6.07) is 0. The quantitative estimate of drug-likeness (QED) is 0.0179. The van der Waals surface area contributed by atoms with Crippen molar-refractivity contribution in [2.24, 2.45) is 5.73 Å². The molecule has 0 heterocycles. The van der Waals surface area contributed by atoms with E-state index in [1.54, 1.807) is 12.2 Å². The van der Waals surface area contributed by atoms with Gasteiger partial charge in [-0.1, -0.05) is 177 Å². The lowest BCUT2D eigenvalue weighted by Crippen LogP contribution is -2.29. The predicted octanol–water partition coefficient (Wildman–Crippen LogP) is 11.5. The third-order valence-electron chi connectivity index (χ3n) is 9.02. The molecule has 0 saturated heterocycles. The van der Waals surface area contributed by atoms with E-state index in [0.29, 0.717) is 19.3 Å². The van der Waals surface area contributed by atoms with E-state index in [1.165, 1.54) is 83.5 Å². The Balaban J connectivity index is 4.33. The lowest BCUT2D eigenvalue weighted by molar-refractivity contribution is -0.161. The number of aliphatic hydroxyl groups is 1. The van der Waals surface area contributed by atoms with E-state index in [1.807, 2.05) is 12.2 Å². The first-order valence-electron chi connectivity index (χ1n) is 21.9. The molecule has 0 saturated carbocycles. The highest BCUT2D eigenvalue weighted by molar-refractivity contribution is 7.47. The molecule has 10 nitrogen and oxygen atoms in total. The Bertz CT molecular complexity index is 1120. The summed E-state index contributed by atoms with van der Waals surface area (Å²) >= 11 is 0. The standard InChI is InChI=1S/C45H80NO9P/c1-3-5-7-9-11-13-15-17-18-19-20-22-24-26-28-30-32-36-45(49)55-43(41-54-56(50,51)53-39-38-46)40-52-44(48)37-33-35-42(47)34-31-29-27-25-23-21-16-14-12-10-8-6-4-2/h6,8,12,14,21,23,27,29,31,34,42-43,47H,3-5,7,9-11,13,15-20,22,24-26,28,30,32-33,35-41,46H2,1-2H3,(H,50,51)/b8-6-,14-12-,23-21-,29-27-,34-31+/t42?,43-/m1/s1. The maximum atomic E-state index is 12.6. The van der Waals surface area contributed by atoms with Crippen LogP contribution in [-0.2, 0) is 32.7 Å². The topological polar surface area (TPSA) is 155 Å². The molecule has 0 rings (SSSR count). The van der Waals surface area contributed by atoms with Crippen LogP contribution in [-0.4, -0.2) is 60.5 Å². The number of hydrogen-bond donors (Lipinski definition) is 3. The van der Waals surface area contributed by atoms with Crippen LogP contribution in [0.4, 0.5) is 0 Å². The van der Waals surface area contributed by atoms with Gasteiger partial charge >= 0.3 is 19.8 Å². The highest BCUT2D eigenvalue weighted by Crippen LogP contribution is 2.43. The van der Waals surface area contributed by atoms with Gasteiger partial charge in [0.2, 0.25) is 0 Å². The minimum Gasteiger partial charge on any atom is -0.462 e. The van der Waals surface area contributed by atoms with Crippen molar-refractivity contribution in [2.75, 3.05) is 26.4 Å². The number of allylic oxidation sites excluding steroid dienone is 9. The number of esters is 2. The third-order valence-corrected chi connectivity index (χ3v) is 10.0. The first-order chi connectivity index (χ1) is 27.2. The van der Waals surface area contributed by atoms with Crippen molar-refractivity contribution in [3.8, 4) is 0 Å². The van der Waals surface area contributed by atoms with Crippen LogP contribution in [0, 0.1) is 0 Å². The molecule has 3 atom stereocenters. The molecule has 0 spiro atoms. The number of phosphoric acid groups is 1. The van der Waals surface area contributed by atoms with Gasteiger partial charge in [-0.05, 0) is 44.9 Å². The zero-order chi connectivity index (χ0) is 41.2. The molecule has 0 aromatic carbocycles. The van der Waals surface area contributed by atoms with Crippen LogP contribution in [0.5, 0.6) is 0 Å². The first kappa shape index (κ1) is 53.7. The van der Waals surface area contributed by atoms with Crippen molar-refractivity contribution in [1.29, 1.82) is 0 Å². The number of aliphatic hydroxyl groups excluding tert-OH is 1. The van der Waals surface area contributed by atoms with Gasteiger partial charge in [0.1, 0.15) is 6.61 Å². The van der Waals surface area contributed by atoms with E-state index in [-0.39, 0.29) is 32.6 Å². The van der Waals surface area contributed by atoms with Gasteiger partial charge in [-0.25, -0.2) is 4.57 Å². The van der Waals surface area contributed by atoms with Crippen LogP contribution < -0.4 is 5.73 Å². The highest BCUT2D eigenvalue weighted by Gasteiger charge is 2.26. The second kappa shape index (κ2) is 40.9. The van der Waals surface area contributed by atoms with Crippen LogP contribution in [0.2, 0.25) is 0 Å². The predicted molar refractivity (Wildman–Crippen MR) is 230 cm³/mol. The summed E-state index contributed by atoms with van der Waals surface area (Å²) in [5.74, 6) is -1.03. The van der Waals surface area contributed by atoms with Gasteiger partial charge in [0.25, 0.3) is 0 Å². The lowest BCUT2D eigenvalue weighted by Gasteiger charge is -2.20. The van der Waals surface area contributed by atoms with Gasteiger partial charge in [-0.15, -0.1) is 0 Å². The second-order valence-corrected chi connectivity index (χ2v) is 15.8. The Hall–Kier alpha value is -2.33. The Kier molecular flexibility index (Phi) is 39.2. The van der Waals surface area contributed by atoms with Crippen molar-refractivity contribution in [1.82, 2.24) is 0 Å². The lowest BCUT2D eigenvalue weighted by atomic mass is 10.0. The van der Waals surface area contributed by atoms with Crippen molar-refractivity contribution in [3.05, 3.63) is 60.8 Å². The molecule has 0 aliphatic carbocycles. The van der Waals surface area contributed by atoms with E-state index in [2.05, 4.69) is 50.3 Å². The molecule has 11 heteroatoms. The van der Waals surface area contributed by atoms with Gasteiger partial charge in [0, 0.05) is 19.4 Å². The fourth-order valence-electron chi connectivity index (χ4n) is 5.78. The summed E-state index contributed by atoms with van der Waals surface area (Å²) in [4.78, 5) is 34.9. The number of unbranched alkanes of at least 4 members (excludes halogenated alkanes) is 16. The number of phosphoric ester groups is 1. The molecule has 0 bridgehead atoms. The molecular formula is C45H80NO9P. The normalized spacial score (nSPS) is 14.4. The van der Waals surface area contributed by atoms with Crippen molar-refractivity contribution >= 4 is 19.8 Å². The Morgan fingerprint density at radius 1 is 0.625 bits per heavy atom. The Labute approximate surface area is 341 Å². The van der Waals surface area contributed by atoms with E-state index in [9.17, 15) is 24.2 Å². The summed E-state index contributed by atoms with van der Waals surface area (Å²) in [6.45, 7) is 3.40. The molecule has 324 valence electrons. The van der Waals surface area contributed by atoms with Gasteiger partial charge in [0.15, 0.2) is 6.10 Å². The van der Waals surface area contributed by atoms with Crippen molar-refractivity contribution in [2.45, 2.75) is 187 Å². The van der Waals surface area contributed by atoms with Crippen LogP contribution in [0.25, 0.3) is 0 Å². The van der Waals surface area contributed by atoms with Crippen LogP contribution >= 0.6 is 7.82 Å². The summed E-state index contributed by atoms with van der Waals surface area (Å²) in [5, 5.41) is 10.2. The van der Waals surface area contributed by atoms with E-state index >= 15 is 0 Å². The van der Waals surface area contributed by atoms with Crippen LogP contribution in [0.3, 0.4) is 0 Å². The second-order valence-electron chi connectivity index (χ2n) is 14.4. The fourth-order valence-corrected chi connectivity index (χ4v) is 6.55. The van der Waals surface area contributed by atoms with Crippen molar-refractivity contribution < 1.29 is 42.7 Å². The average Bonchev–Trinajstić information content (AvgIpc) is 3.18. The van der Waals surface area contributed by atoms with Crippen LogP contribution in [0.1, 0.15) is 174 Å². The van der Waals surface area contributed by atoms with Crippen LogP contribution in [0.15, 0.2) is 60.8 Å². The average molecular weight is 810 g/mol. The molecule has 0 aliphatic rings. The van der Waals surface area contributed by atoms with Gasteiger partial charge in [-0.2, -0.15) is 0 Å². The number of carbonyl (C=O) groups is 2. The molecule has 2 unspecified atom stereocenters. The number of rotatable bonds is 40. The SMILES string of the molecule is CC/C=C\C/C=C\C/C=C\C/C=C\C=C\C(O)CCCC(=O)OC[C@H](COP(=O)(O)OCCN)OC(=O)CCCCCCCCCCCCCCCCCCC. The highest BCUT2D eigenvalue weighted by atomic mass is 31.2. The minimum atomic E-state index is -4.42. The molecule has 0 radical (unpaired) electrons. The van der Waals surface area contributed by atoms with Gasteiger partial charge in [0.05, 0.1) is 19.3 Å². The molecule has 0 amide bonds. The number of hydrogen-bond acceptors (Lipinski definition) is 9. The zero-order valence-corrected chi connectivity index (χ0v) is 36.1. The van der Waals surface area contributed by atoms with E-state index in [0.717, 1.165) is 44.9 Å². The molecule has 0 aromatic heterocycles. The summed E-state index contributed by atoms with van der Waals surface area (Å²) in [6.07, 6.45) is 44.3. The smallest absolute Gasteiger partial charge is 0.462 e. The molecular weight excluding hydrogens is 729 g/mol. The minimum absolute atomic E-state index is 0.0260. The van der Waals surface area contributed by atoms with Gasteiger partial charge < -0.3 is 25.2 Å². The summed E-state index contributed by atoms with van der Waals surface area (Å²) < 4.78 is 32.6. The maximum Gasteiger partial charge on any atom is 0.472 e. The zero-order valence-electron chi connectivity index (χ0n) is 35.2. The molecule has 56 heavy (non-hydrogen) atoms. The third kappa shape index (κ3) is 39.9. The Morgan fingerprint density at radius 3 is 1.66 bits per heavy atom. The molecule has 4 N–H and O–H groups in total. The first-order valence-corrected chi connectivity index (χ1v) is 23.4. The monoisotopic (exact) mass is 810 g/mol. The summed E-state index contributed by atoms with van der Waals surface area (Å²) in [5.41, 5.74) is 5.34. The number of ether oxygens (including phenoxy) is 2. The number of carbonyl (C=O) groups excluding carboxylic acids is 2.